The zero-order valence-electron chi connectivity index (χ0n) is 12.0. The topological polar surface area (TPSA) is 39.9 Å². The second kappa shape index (κ2) is 6.72. The van der Waals surface area contributed by atoms with Gasteiger partial charge in [-0.1, -0.05) is 31.5 Å². The van der Waals surface area contributed by atoms with E-state index in [1.807, 2.05) is 37.3 Å². The molecule has 1 aromatic heterocycles. The van der Waals surface area contributed by atoms with Crippen molar-refractivity contribution in [2.75, 3.05) is 11.4 Å². The largest absolute Gasteiger partial charge is 0.326 e. The summed E-state index contributed by atoms with van der Waals surface area (Å²) in [7, 11) is 0. The van der Waals surface area contributed by atoms with Gasteiger partial charge < -0.3 is 4.90 Å². The molecule has 2 aromatic rings. The zero-order valence-corrected chi connectivity index (χ0v) is 12.0. The SMILES string of the molecule is CCCCN(c1ccccc1)c1cc(C#N)cc(C)n1. The molecular weight excluding hydrogens is 246 g/mol. The molecule has 0 aliphatic rings. The molecule has 102 valence electrons. The molecular formula is C17H19N3. The fourth-order valence-corrected chi connectivity index (χ4v) is 2.15. The van der Waals surface area contributed by atoms with Crippen molar-refractivity contribution in [1.29, 1.82) is 5.26 Å². The number of nitriles is 1. The number of pyridine rings is 1. The van der Waals surface area contributed by atoms with Crippen LogP contribution in [-0.2, 0) is 0 Å². The van der Waals surface area contributed by atoms with Crippen molar-refractivity contribution < 1.29 is 0 Å². The van der Waals surface area contributed by atoms with Crippen LogP contribution in [0.5, 0.6) is 0 Å². The van der Waals surface area contributed by atoms with Gasteiger partial charge in [-0.2, -0.15) is 5.26 Å². The molecule has 0 bridgehead atoms. The van der Waals surface area contributed by atoms with E-state index >= 15 is 0 Å². The van der Waals surface area contributed by atoms with Crippen LogP contribution < -0.4 is 4.90 Å². The molecule has 1 heterocycles. The summed E-state index contributed by atoms with van der Waals surface area (Å²) in [6, 6.07) is 16.1. The van der Waals surface area contributed by atoms with Crippen molar-refractivity contribution in [3.05, 3.63) is 53.7 Å². The first kappa shape index (κ1) is 14.1. The van der Waals surface area contributed by atoms with Crippen molar-refractivity contribution in [3.8, 4) is 6.07 Å². The lowest BCUT2D eigenvalue weighted by atomic mass is 10.2. The van der Waals surface area contributed by atoms with Gasteiger partial charge in [-0.3, -0.25) is 0 Å². The summed E-state index contributed by atoms with van der Waals surface area (Å²) in [6.45, 7) is 5.00. The number of anilines is 2. The van der Waals surface area contributed by atoms with Crippen LogP contribution in [0.4, 0.5) is 11.5 Å². The number of unbranched alkanes of at least 4 members (excludes halogenated alkanes) is 1. The summed E-state index contributed by atoms with van der Waals surface area (Å²) in [5.74, 6) is 0.848. The van der Waals surface area contributed by atoms with Gasteiger partial charge in [0.2, 0.25) is 0 Å². The molecule has 0 saturated carbocycles. The molecule has 0 N–H and O–H groups in total. The number of nitrogens with zero attached hydrogens (tertiary/aromatic N) is 3. The van der Waals surface area contributed by atoms with Crippen LogP contribution in [0, 0.1) is 18.3 Å². The summed E-state index contributed by atoms with van der Waals surface area (Å²) in [6.07, 6.45) is 2.21. The van der Waals surface area contributed by atoms with Gasteiger partial charge in [0.1, 0.15) is 5.82 Å². The van der Waals surface area contributed by atoms with Crippen LogP contribution in [0.2, 0.25) is 0 Å². The predicted molar refractivity (Wildman–Crippen MR) is 82.0 cm³/mol. The Morgan fingerprint density at radius 3 is 2.60 bits per heavy atom. The Hall–Kier alpha value is -2.34. The lowest BCUT2D eigenvalue weighted by Gasteiger charge is -2.24. The summed E-state index contributed by atoms with van der Waals surface area (Å²) in [4.78, 5) is 6.76. The summed E-state index contributed by atoms with van der Waals surface area (Å²) in [5.41, 5.74) is 2.64. The van der Waals surface area contributed by atoms with Crippen LogP contribution in [0.25, 0.3) is 0 Å². The molecule has 0 aliphatic carbocycles. The van der Waals surface area contributed by atoms with Crippen molar-refractivity contribution >= 4 is 11.5 Å². The molecule has 0 aliphatic heterocycles. The lowest BCUT2D eigenvalue weighted by Crippen LogP contribution is -2.19. The standard InChI is InChI=1S/C17H19N3/c1-3-4-10-20(16-8-6-5-7-9-16)17-12-15(13-18)11-14(2)19-17/h5-9,11-12H,3-4,10H2,1-2H3. The number of aryl methyl sites for hydroxylation is 1. The minimum atomic E-state index is 0.657. The summed E-state index contributed by atoms with van der Waals surface area (Å²) < 4.78 is 0. The van der Waals surface area contributed by atoms with Gasteiger partial charge in [0.25, 0.3) is 0 Å². The monoisotopic (exact) mass is 265 g/mol. The highest BCUT2D eigenvalue weighted by Gasteiger charge is 2.11. The molecule has 0 spiro atoms. The molecule has 3 heteroatoms. The van der Waals surface area contributed by atoms with Crippen LogP contribution in [0.1, 0.15) is 31.0 Å². The maximum atomic E-state index is 9.12. The van der Waals surface area contributed by atoms with Gasteiger partial charge in [0, 0.05) is 17.9 Å². The van der Waals surface area contributed by atoms with Gasteiger partial charge >= 0.3 is 0 Å². The number of hydrogen-bond acceptors (Lipinski definition) is 3. The van der Waals surface area contributed by atoms with Crippen molar-refractivity contribution in [3.63, 3.8) is 0 Å². The van der Waals surface area contributed by atoms with E-state index < -0.39 is 0 Å². The first-order valence-electron chi connectivity index (χ1n) is 6.96. The third kappa shape index (κ3) is 3.36. The Labute approximate surface area is 120 Å². The number of aromatic nitrogens is 1. The van der Waals surface area contributed by atoms with E-state index in [0.29, 0.717) is 5.56 Å². The fourth-order valence-electron chi connectivity index (χ4n) is 2.15. The van der Waals surface area contributed by atoms with E-state index in [0.717, 1.165) is 36.6 Å². The van der Waals surface area contributed by atoms with E-state index in [4.69, 9.17) is 5.26 Å². The third-order valence-electron chi connectivity index (χ3n) is 3.15. The summed E-state index contributed by atoms with van der Waals surface area (Å²) >= 11 is 0. The molecule has 0 unspecified atom stereocenters. The van der Waals surface area contributed by atoms with E-state index in [2.05, 4.69) is 35.0 Å². The first-order valence-corrected chi connectivity index (χ1v) is 6.96. The summed E-state index contributed by atoms with van der Waals surface area (Å²) in [5, 5.41) is 9.12. The number of hydrogen-bond donors (Lipinski definition) is 0. The molecule has 3 nitrogen and oxygen atoms in total. The molecule has 0 radical (unpaired) electrons. The molecule has 0 amide bonds. The highest BCUT2D eigenvalue weighted by atomic mass is 15.2. The highest BCUT2D eigenvalue weighted by Crippen LogP contribution is 2.25. The van der Waals surface area contributed by atoms with Gasteiger partial charge in [-0.15, -0.1) is 0 Å². The van der Waals surface area contributed by atoms with E-state index in [1.54, 1.807) is 0 Å². The van der Waals surface area contributed by atoms with Crippen LogP contribution in [-0.4, -0.2) is 11.5 Å². The van der Waals surface area contributed by atoms with Gasteiger partial charge in [0.05, 0.1) is 11.6 Å². The highest BCUT2D eigenvalue weighted by molar-refractivity contribution is 5.61. The molecule has 0 saturated heterocycles. The third-order valence-corrected chi connectivity index (χ3v) is 3.15. The second-order valence-corrected chi connectivity index (χ2v) is 4.81. The van der Waals surface area contributed by atoms with Gasteiger partial charge in [-0.05, 0) is 37.6 Å². The Kier molecular flexibility index (Phi) is 4.73. The maximum absolute atomic E-state index is 9.12. The molecule has 1 aromatic carbocycles. The quantitative estimate of drug-likeness (QED) is 0.813. The minimum absolute atomic E-state index is 0.657. The van der Waals surface area contributed by atoms with Crippen LogP contribution in [0.15, 0.2) is 42.5 Å². The fraction of sp³-hybridized carbons (Fsp3) is 0.294. The van der Waals surface area contributed by atoms with Gasteiger partial charge in [0.15, 0.2) is 0 Å². The zero-order chi connectivity index (χ0) is 14.4. The van der Waals surface area contributed by atoms with E-state index in [1.165, 1.54) is 0 Å². The number of para-hydroxylation sites is 1. The van der Waals surface area contributed by atoms with E-state index in [9.17, 15) is 0 Å². The number of rotatable bonds is 5. The van der Waals surface area contributed by atoms with Crippen molar-refractivity contribution in [1.82, 2.24) is 4.98 Å². The van der Waals surface area contributed by atoms with E-state index in [-0.39, 0.29) is 0 Å². The number of benzene rings is 1. The normalized spacial score (nSPS) is 10.1. The molecule has 0 atom stereocenters. The Morgan fingerprint density at radius 2 is 1.95 bits per heavy atom. The first-order chi connectivity index (χ1) is 9.74. The smallest absolute Gasteiger partial charge is 0.134 e. The van der Waals surface area contributed by atoms with Crippen LogP contribution in [0.3, 0.4) is 0 Å². The van der Waals surface area contributed by atoms with Crippen LogP contribution >= 0.6 is 0 Å². The second-order valence-electron chi connectivity index (χ2n) is 4.81. The van der Waals surface area contributed by atoms with Crippen molar-refractivity contribution in [2.24, 2.45) is 0 Å². The maximum Gasteiger partial charge on any atom is 0.134 e. The molecule has 2 rings (SSSR count). The molecule has 0 fully saturated rings. The van der Waals surface area contributed by atoms with Gasteiger partial charge in [-0.25, -0.2) is 4.98 Å². The Bertz CT molecular complexity index is 599. The Balaban J connectivity index is 2.41. The average Bonchev–Trinajstić information content (AvgIpc) is 2.48. The lowest BCUT2D eigenvalue weighted by molar-refractivity contribution is 0.778. The molecule has 20 heavy (non-hydrogen) atoms. The van der Waals surface area contributed by atoms with Crippen molar-refractivity contribution in [2.45, 2.75) is 26.7 Å². The predicted octanol–water partition coefficient (Wildman–Crippen LogP) is 4.20. The Morgan fingerprint density at radius 1 is 1.20 bits per heavy atom. The average molecular weight is 265 g/mol. The minimum Gasteiger partial charge on any atom is -0.326 e.